The number of hydrogen-bond donors (Lipinski definition) is 1. The molecule has 0 saturated carbocycles. The summed E-state index contributed by atoms with van der Waals surface area (Å²) in [6.45, 7) is 10.2. The van der Waals surface area contributed by atoms with Crippen molar-refractivity contribution < 1.29 is 0 Å². The second-order valence-corrected chi connectivity index (χ2v) is 6.93. The highest BCUT2D eigenvalue weighted by atomic mass is 15.2. The normalized spacial score (nSPS) is 21.1. The van der Waals surface area contributed by atoms with Gasteiger partial charge < -0.3 is 5.32 Å². The van der Waals surface area contributed by atoms with Crippen LogP contribution in [-0.2, 0) is 6.42 Å². The lowest BCUT2D eigenvalue weighted by atomic mass is 10.00. The summed E-state index contributed by atoms with van der Waals surface area (Å²) in [6, 6.07) is 4.91. The Balaban J connectivity index is 1.83. The zero-order chi connectivity index (χ0) is 14.4. The molecular weight excluding hydrogens is 246 g/mol. The number of aromatic nitrogens is 1. The third-order valence-corrected chi connectivity index (χ3v) is 4.03. The highest BCUT2D eigenvalue weighted by molar-refractivity contribution is 5.08. The van der Waals surface area contributed by atoms with Gasteiger partial charge in [-0.2, -0.15) is 0 Å². The minimum Gasteiger partial charge on any atom is -0.311 e. The largest absolute Gasteiger partial charge is 0.311 e. The molecule has 1 aliphatic heterocycles. The predicted molar refractivity (Wildman–Crippen MR) is 84.9 cm³/mol. The molecule has 0 spiro atoms. The van der Waals surface area contributed by atoms with Gasteiger partial charge in [-0.25, -0.2) is 0 Å². The average molecular weight is 275 g/mol. The maximum absolute atomic E-state index is 4.21. The zero-order valence-electron chi connectivity index (χ0n) is 13.2. The lowest BCUT2D eigenvalue weighted by Crippen LogP contribution is -2.50. The van der Waals surface area contributed by atoms with Gasteiger partial charge in [-0.05, 0) is 58.2 Å². The van der Waals surface area contributed by atoms with Crippen LogP contribution in [0.1, 0.15) is 45.6 Å². The summed E-state index contributed by atoms with van der Waals surface area (Å²) in [7, 11) is 0. The average Bonchev–Trinajstić information content (AvgIpc) is 2.44. The number of likely N-dealkylation sites (tertiary alicyclic amines) is 1. The summed E-state index contributed by atoms with van der Waals surface area (Å²) in [6.07, 6.45) is 9.00. The molecule has 1 fully saturated rings. The molecule has 3 nitrogen and oxygen atoms in total. The smallest absolute Gasteiger partial charge is 0.0300 e. The third-order valence-electron chi connectivity index (χ3n) is 4.03. The van der Waals surface area contributed by atoms with Gasteiger partial charge in [0.15, 0.2) is 0 Å². The molecule has 2 heterocycles. The molecule has 0 amide bonds. The first kappa shape index (κ1) is 15.5. The number of pyridine rings is 1. The minimum absolute atomic E-state index is 0.215. The first-order chi connectivity index (χ1) is 9.54. The highest BCUT2D eigenvalue weighted by Crippen LogP contribution is 2.17. The first-order valence-corrected chi connectivity index (χ1v) is 7.92. The molecule has 20 heavy (non-hydrogen) atoms. The number of hydrogen-bond acceptors (Lipinski definition) is 3. The van der Waals surface area contributed by atoms with Gasteiger partial charge in [0.1, 0.15) is 0 Å². The molecule has 0 radical (unpaired) electrons. The Labute approximate surface area is 123 Å². The van der Waals surface area contributed by atoms with Gasteiger partial charge in [0.2, 0.25) is 0 Å². The second kappa shape index (κ2) is 7.19. The monoisotopic (exact) mass is 275 g/mol. The quantitative estimate of drug-likeness (QED) is 0.895. The summed E-state index contributed by atoms with van der Waals surface area (Å²) in [5.74, 6) is 0. The molecule has 0 bridgehead atoms. The van der Waals surface area contributed by atoms with Crippen molar-refractivity contribution >= 4 is 0 Å². The van der Waals surface area contributed by atoms with Crippen molar-refractivity contribution in [2.24, 2.45) is 0 Å². The number of piperidine rings is 1. The van der Waals surface area contributed by atoms with E-state index in [0.29, 0.717) is 6.04 Å². The van der Waals surface area contributed by atoms with E-state index in [1.54, 1.807) is 0 Å². The van der Waals surface area contributed by atoms with E-state index in [2.05, 4.69) is 42.0 Å². The van der Waals surface area contributed by atoms with Gasteiger partial charge in [0.05, 0.1) is 0 Å². The third kappa shape index (κ3) is 5.22. The predicted octanol–water partition coefficient (Wildman–Crippen LogP) is 2.87. The van der Waals surface area contributed by atoms with E-state index in [1.807, 2.05) is 18.5 Å². The molecule has 1 N–H and O–H groups in total. The molecule has 112 valence electrons. The molecule has 0 aliphatic carbocycles. The molecular formula is C17H29N3. The van der Waals surface area contributed by atoms with Crippen LogP contribution in [0.5, 0.6) is 0 Å². The summed E-state index contributed by atoms with van der Waals surface area (Å²) in [5.41, 5.74) is 1.56. The lowest BCUT2D eigenvalue weighted by molar-refractivity contribution is 0.140. The minimum atomic E-state index is 0.215. The molecule has 3 heteroatoms. The van der Waals surface area contributed by atoms with Crippen LogP contribution in [0.3, 0.4) is 0 Å². The zero-order valence-corrected chi connectivity index (χ0v) is 13.2. The van der Waals surface area contributed by atoms with Crippen LogP contribution in [0.25, 0.3) is 0 Å². The summed E-state index contributed by atoms with van der Waals surface area (Å²) in [5, 5.41) is 3.67. The van der Waals surface area contributed by atoms with Gasteiger partial charge >= 0.3 is 0 Å². The van der Waals surface area contributed by atoms with Gasteiger partial charge in [-0.15, -0.1) is 0 Å². The molecule has 1 saturated heterocycles. The fraction of sp³-hybridized carbons (Fsp3) is 0.706. The van der Waals surface area contributed by atoms with E-state index in [-0.39, 0.29) is 5.54 Å². The molecule has 1 unspecified atom stereocenters. The van der Waals surface area contributed by atoms with Crippen molar-refractivity contribution in [3.63, 3.8) is 0 Å². The highest BCUT2D eigenvalue weighted by Gasteiger charge is 2.23. The number of rotatable bonds is 5. The fourth-order valence-electron chi connectivity index (χ4n) is 2.83. The Morgan fingerprint density at radius 2 is 2.20 bits per heavy atom. The molecule has 1 aliphatic rings. The van der Waals surface area contributed by atoms with E-state index in [1.165, 1.54) is 31.4 Å². The molecule has 1 aromatic rings. The van der Waals surface area contributed by atoms with Crippen LogP contribution in [0.2, 0.25) is 0 Å². The standard InChI is InChI=1S/C17H29N3/c1-17(2,3)19-14-16-8-4-5-11-20(16)12-9-15-7-6-10-18-13-15/h6-7,10,13,16,19H,4-5,8-9,11-12,14H2,1-3H3. The van der Waals surface area contributed by atoms with Crippen molar-refractivity contribution in [1.82, 2.24) is 15.2 Å². The van der Waals surface area contributed by atoms with Gasteiger partial charge in [0, 0.05) is 37.1 Å². The summed E-state index contributed by atoms with van der Waals surface area (Å²) >= 11 is 0. The Morgan fingerprint density at radius 1 is 1.35 bits per heavy atom. The van der Waals surface area contributed by atoms with E-state index < -0.39 is 0 Å². The van der Waals surface area contributed by atoms with Crippen molar-refractivity contribution in [2.45, 2.75) is 58.0 Å². The van der Waals surface area contributed by atoms with E-state index in [4.69, 9.17) is 0 Å². The maximum atomic E-state index is 4.21. The summed E-state index contributed by atoms with van der Waals surface area (Å²) in [4.78, 5) is 6.87. The van der Waals surface area contributed by atoms with Crippen LogP contribution >= 0.6 is 0 Å². The second-order valence-electron chi connectivity index (χ2n) is 6.93. The van der Waals surface area contributed by atoms with Crippen molar-refractivity contribution in [1.29, 1.82) is 0 Å². The Morgan fingerprint density at radius 3 is 2.90 bits per heavy atom. The first-order valence-electron chi connectivity index (χ1n) is 7.92. The Bertz CT molecular complexity index is 383. The van der Waals surface area contributed by atoms with Crippen LogP contribution in [0.15, 0.2) is 24.5 Å². The Hall–Kier alpha value is -0.930. The lowest BCUT2D eigenvalue weighted by Gasteiger charge is -2.37. The van der Waals surface area contributed by atoms with Crippen molar-refractivity contribution in [3.8, 4) is 0 Å². The van der Waals surface area contributed by atoms with Gasteiger partial charge in [-0.3, -0.25) is 9.88 Å². The van der Waals surface area contributed by atoms with Crippen molar-refractivity contribution in [3.05, 3.63) is 30.1 Å². The number of nitrogens with one attached hydrogen (secondary N) is 1. The topological polar surface area (TPSA) is 28.2 Å². The van der Waals surface area contributed by atoms with Gasteiger partial charge in [-0.1, -0.05) is 12.5 Å². The van der Waals surface area contributed by atoms with Crippen LogP contribution < -0.4 is 5.32 Å². The fourth-order valence-corrected chi connectivity index (χ4v) is 2.83. The van der Waals surface area contributed by atoms with Crippen LogP contribution in [0, 0.1) is 0 Å². The molecule has 1 atom stereocenters. The Kier molecular flexibility index (Phi) is 5.55. The van der Waals surface area contributed by atoms with Crippen LogP contribution in [-0.4, -0.2) is 41.1 Å². The van der Waals surface area contributed by atoms with Gasteiger partial charge in [0.25, 0.3) is 0 Å². The summed E-state index contributed by atoms with van der Waals surface area (Å²) < 4.78 is 0. The van der Waals surface area contributed by atoms with Crippen LogP contribution in [0.4, 0.5) is 0 Å². The molecule has 1 aromatic heterocycles. The van der Waals surface area contributed by atoms with Crippen molar-refractivity contribution in [2.75, 3.05) is 19.6 Å². The van der Waals surface area contributed by atoms with E-state index in [9.17, 15) is 0 Å². The van der Waals surface area contributed by atoms with E-state index >= 15 is 0 Å². The molecule has 2 rings (SSSR count). The SMILES string of the molecule is CC(C)(C)NCC1CCCCN1CCc1cccnc1. The number of nitrogens with zero attached hydrogens (tertiary/aromatic N) is 2. The maximum Gasteiger partial charge on any atom is 0.0300 e. The van der Waals surface area contributed by atoms with E-state index in [0.717, 1.165) is 19.5 Å². The molecule has 0 aromatic carbocycles.